The highest BCUT2D eigenvalue weighted by atomic mass is 16.5. The monoisotopic (exact) mass is 584 g/mol. The van der Waals surface area contributed by atoms with Gasteiger partial charge in [0.1, 0.15) is 12.3 Å². The first kappa shape index (κ1) is 29.2. The fourth-order valence-electron chi connectivity index (χ4n) is 4.93. The number of ether oxygens (including phenoxy) is 5. The van der Waals surface area contributed by atoms with E-state index in [1.165, 1.54) is 11.1 Å². The van der Waals surface area contributed by atoms with Gasteiger partial charge in [0.05, 0.1) is 53.0 Å². The van der Waals surface area contributed by atoms with Gasteiger partial charge in [0.2, 0.25) is 0 Å². The van der Waals surface area contributed by atoms with E-state index in [4.69, 9.17) is 28.8 Å². The van der Waals surface area contributed by atoms with Crippen LogP contribution < -0.4 is 29.2 Å². The SMILES string of the molecule is COc1ccc(C2=NN(C(=O)Cn3nc(-c4ccc(OC)c(OC)c4)ccc3=O)C(c3ccc(OC)c(OC)c3)C2)cc1. The van der Waals surface area contributed by atoms with E-state index in [1.54, 1.807) is 65.9 Å². The van der Waals surface area contributed by atoms with Gasteiger partial charge in [0.25, 0.3) is 11.5 Å². The molecule has 1 aliphatic heterocycles. The van der Waals surface area contributed by atoms with Crippen molar-refractivity contribution in [1.82, 2.24) is 14.8 Å². The molecule has 5 rings (SSSR count). The molecule has 222 valence electrons. The lowest BCUT2D eigenvalue weighted by molar-refractivity contribution is -0.133. The largest absolute Gasteiger partial charge is 0.497 e. The standard InChI is InChI=1S/C32H32N4O7/c1-39-23-10-6-20(7-11-23)25-18-26(22-9-14-28(41-3)30(17-22)43-5)36(34-25)32(38)19-35-31(37)15-12-24(33-35)21-8-13-27(40-2)29(16-21)42-4/h6-17,26H,18-19H2,1-5H3. The third-order valence-corrected chi connectivity index (χ3v) is 7.21. The molecule has 43 heavy (non-hydrogen) atoms. The number of hydrogen-bond donors (Lipinski definition) is 0. The van der Waals surface area contributed by atoms with E-state index < -0.39 is 17.5 Å². The van der Waals surface area contributed by atoms with Crippen LogP contribution in [0.2, 0.25) is 0 Å². The van der Waals surface area contributed by atoms with Gasteiger partial charge in [-0.15, -0.1) is 0 Å². The highest BCUT2D eigenvalue weighted by molar-refractivity contribution is 6.03. The summed E-state index contributed by atoms with van der Waals surface area (Å²) in [5.74, 6) is 2.50. The summed E-state index contributed by atoms with van der Waals surface area (Å²) >= 11 is 0. The lowest BCUT2D eigenvalue weighted by Crippen LogP contribution is -2.35. The van der Waals surface area contributed by atoms with E-state index in [2.05, 4.69) is 5.10 Å². The molecule has 2 heterocycles. The molecule has 11 nitrogen and oxygen atoms in total. The number of carbonyl (C=O) groups is 1. The summed E-state index contributed by atoms with van der Waals surface area (Å²) in [4.78, 5) is 26.7. The van der Waals surface area contributed by atoms with E-state index in [-0.39, 0.29) is 6.54 Å². The van der Waals surface area contributed by atoms with Crippen molar-refractivity contribution in [2.75, 3.05) is 35.5 Å². The Hall–Kier alpha value is -5.32. The second kappa shape index (κ2) is 12.7. The average molecular weight is 585 g/mol. The molecule has 0 radical (unpaired) electrons. The van der Waals surface area contributed by atoms with Gasteiger partial charge in [0, 0.05) is 18.1 Å². The van der Waals surface area contributed by atoms with Gasteiger partial charge in [0.15, 0.2) is 23.0 Å². The molecule has 4 aromatic rings. The van der Waals surface area contributed by atoms with Crippen molar-refractivity contribution in [3.8, 4) is 40.0 Å². The van der Waals surface area contributed by atoms with E-state index >= 15 is 0 Å². The van der Waals surface area contributed by atoms with Gasteiger partial charge in [-0.1, -0.05) is 6.07 Å². The number of methoxy groups -OCH3 is 5. The van der Waals surface area contributed by atoms with Gasteiger partial charge in [-0.05, 0) is 71.8 Å². The van der Waals surface area contributed by atoms with Gasteiger partial charge in [-0.2, -0.15) is 10.2 Å². The van der Waals surface area contributed by atoms with Crippen LogP contribution in [-0.2, 0) is 11.3 Å². The first-order valence-corrected chi connectivity index (χ1v) is 13.5. The van der Waals surface area contributed by atoms with Gasteiger partial charge in [-0.25, -0.2) is 9.69 Å². The maximum Gasteiger partial charge on any atom is 0.267 e. The zero-order chi connectivity index (χ0) is 30.5. The fourth-order valence-corrected chi connectivity index (χ4v) is 4.93. The number of benzene rings is 3. The summed E-state index contributed by atoms with van der Waals surface area (Å²) in [5, 5.41) is 10.6. The van der Waals surface area contributed by atoms with Crippen molar-refractivity contribution in [3.63, 3.8) is 0 Å². The quantitative estimate of drug-likeness (QED) is 0.271. The molecule has 1 amide bonds. The molecular formula is C32H32N4O7. The van der Waals surface area contributed by atoms with Crippen LogP contribution in [0, 0.1) is 0 Å². The Morgan fingerprint density at radius 2 is 1.37 bits per heavy atom. The number of nitrogens with zero attached hydrogens (tertiary/aromatic N) is 4. The third kappa shape index (κ3) is 6.01. The Kier molecular flexibility index (Phi) is 8.61. The molecule has 0 fully saturated rings. The molecule has 0 bridgehead atoms. The molecule has 0 N–H and O–H groups in total. The summed E-state index contributed by atoms with van der Waals surface area (Å²) in [6.45, 7) is -0.316. The number of hydrazone groups is 1. The van der Waals surface area contributed by atoms with Crippen LogP contribution >= 0.6 is 0 Å². The highest BCUT2D eigenvalue weighted by Gasteiger charge is 2.34. The highest BCUT2D eigenvalue weighted by Crippen LogP contribution is 2.38. The van der Waals surface area contributed by atoms with Crippen molar-refractivity contribution in [3.05, 3.63) is 94.3 Å². The zero-order valence-corrected chi connectivity index (χ0v) is 24.6. The predicted molar refractivity (Wildman–Crippen MR) is 160 cm³/mol. The van der Waals surface area contributed by atoms with Crippen LogP contribution in [0.3, 0.4) is 0 Å². The third-order valence-electron chi connectivity index (χ3n) is 7.21. The summed E-state index contributed by atoms with van der Waals surface area (Å²) in [7, 11) is 7.82. The maximum atomic E-state index is 13.8. The Bertz CT molecular complexity index is 1720. The van der Waals surface area contributed by atoms with Crippen LogP contribution in [0.1, 0.15) is 23.6 Å². The van der Waals surface area contributed by atoms with Crippen molar-refractivity contribution < 1.29 is 28.5 Å². The molecular weight excluding hydrogens is 552 g/mol. The number of hydrogen-bond acceptors (Lipinski definition) is 9. The Labute approximate surface area is 248 Å². The summed E-state index contributed by atoms with van der Waals surface area (Å²) in [6, 6.07) is 20.8. The number of rotatable bonds is 10. The first-order chi connectivity index (χ1) is 20.9. The first-order valence-electron chi connectivity index (χ1n) is 13.5. The summed E-state index contributed by atoms with van der Waals surface area (Å²) in [5.41, 5.74) is 3.15. The van der Waals surface area contributed by atoms with Crippen LogP contribution in [0.4, 0.5) is 0 Å². The van der Waals surface area contributed by atoms with Gasteiger partial charge < -0.3 is 23.7 Å². The minimum atomic E-state index is -0.450. The molecule has 11 heteroatoms. The van der Waals surface area contributed by atoms with Crippen LogP contribution in [0.5, 0.6) is 28.7 Å². The molecule has 1 aromatic heterocycles. The fraction of sp³-hybridized carbons (Fsp3) is 0.250. The van der Waals surface area contributed by atoms with Crippen LogP contribution in [0.25, 0.3) is 11.3 Å². The Morgan fingerprint density at radius 1 is 0.744 bits per heavy atom. The van der Waals surface area contributed by atoms with Crippen molar-refractivity contribution in [2.45, 2.75) is 19.0 Å². The normalized spacial score (nSPS) is 14.2. The topological polar surface area (TPSA) is 114 Å². The van der Waals surface area contributed by atoms with Crippen LogP contribution in [0.15, 0.2) is 82.7 Å². The molecule has 3 aromatic carbocycles. The molecule has 0 saturated heterocycles. The molecule has 1 atom stereocenters. The zero-order valence-electron chi connectivity index (χ0n) is 24.6. The number of aromatic nitrogens is 2. The lowest BCUT2D eigenvalue weighted by atomic mass is 9.98. The van der Waals surface area contributed by atoms with E-state index in [0.717, 1.165) is 21.5 Å². The Morgan fingerprint density at radius 3 is 2.02 bits per heavy atom. The Balaban J connectivity index is 1.49. The van der Waals surface area contributed by atoms with Gasteiger partial charge in [-0.3, -0.25) is 9.59 Å². The number of carbonyl (C=O) groups excluding carboxylic acids is 1. The predicted octanol–water partition coefficient (Wildman–Crippen LogP) is 4.33. The second-order valence-corrected chi connectivity index (χ2v) is 9.63. The lowest BCUT2D eigenvalue weighted by Gasteiger charge is -2.23. The van der Waals surface area contributed by atoms with E-state index in [0.29, 0.717) is 46.4 Å². The van der Waals surface area contributed by atoms with Crippen molar-refractivity contribution >= 4 is 11.6 Å². The average Bonchev–Trinajstić information content (AvgIpc) is 3.51. The number of amides is 1. The minimum absolute atomic E-state index is 0.316. The summed E-state index contributed by atoms with van der Waals surface area (Å²) < 4.78 is 28.1. The van der Waals surface area contributed by atoms with E-state index in [9.17, 15) is 9.59 Å². The molecule has 0 aliphatic carbocycles. The van der Waals surface area contributed by atoms with Crippen LogP contribution in [-0.4, -0.2) is 62.0 Å². The minimum Gasteiger partial charge on any atom is -0.497 e. The van der Waals surface area contributed by atoms with Crippen molar-refractivity contribution in [1.29, 1.82) is 0 Å². The molecule has 1 aliphatic rings. The molecule has 0 saturated carbocycles. The smallest absolute Gasteiger partial charge is 0.267 e. The second-order valence-electron chi connectivity index (χ2n) is 9.63. The van der Waals surface area contributed by atoms with Crippen molar-refractivity contribution in [2.24, 2.45) is 5.10 Å². The molecule has 1 unspecified atom stereocenters. The molecule has 0 spiro atoms. The maximum absolute atomic E-state index is 13.8. The summed E-state index contributed by atoms with van der Waals surface area (Å²) in [6.07, 6.45) is 0.446. The van der Waals surface area contributed by atoms with E-state index in [1.807, 2.05) is 36.4 Å². The van der Waals surface area contributed by atoms with Gasteiger partial charge >= 0.3 is 0 Å².